The van der Waals surface area contributed by atoms with Crippen molar-refractivity contribution in [3.63, 3.8) is 0 Å². The molecule has 0 aromatic carbocycles. The van der Waals surface area contributed by atoms with Crippen LogP contribution in [0.2, 0.25) is 0 Å². The number of hydrogen-bond donors (Lipinski definition) is 1. The van der Waals surface area contributed by atoms with Gasteiger partial charge in [-0.3, -0.25) is 4.55 Å². The van der Waals surface area contributed by atoms with Gasteiger partial charge in [0.2, 0.25) is 0 Å². The molecule has 0 aliphatic rings. The van der Waals surface area contributed by atoms with E-state index >= 15 is 0 Å². The van der Waals surface area contributed by atoms with E-state index < -0.39 is 16.1 Å². The Morgan fingerprint density at radius 1 is 1.50 bits per heavy atom. The maximum atomic E-state index is 9.79. The van der Waals surface area contributed by atoms with Crippen molar-refractivity contribution in [2.75, 3.05) is 5.75 Å². The molecule has 0 radical (unpaired) electrons. The summed E-state index contributed by atoms with van der Waals surface area (Å²) < 4.78 is 27.6. The second kappa shape index (κ2) is 10.3. The fourth-order valence-corrected chi connectivity index (χ4v) is 0.774. The third-order valence-electron chi connectivity index (χ3n) is 0.811. The van der Waals surface area contributed by atoms with Crippen molar-refractivity contribution in [1.29, 1.82) is 0 Å². The minimum Gasteiger partial charge on any atom is -0.545 e. The summed E-state index contributed by atoms with van der Waals surface area (Å²) in [6, 6.07) is 0. The predicted octanol–water partition coefficient (Wildman–Crippen LogP) is -3.40. The zero-order valence-electron chi connectivity index (χ0n) is 8.61. The minimum atomic E-state index is -3.67. The summed E-state index contributed by atoms with van der Waals surface area (Å²) >= 11 is 0. The molecule has 0 spiro atoms. The first-order valence-electron chi connectivity index (χ1n) is 3.52. The molecule has 0 heterocycles. The van der Waals surface area contributed by atoms with Gasteiger partial charge in [-0.15, -0.1) is 0 Å². The van der Waals surface area contributed by atoms with E-state index in [0.29, 0.717) is 6.42 Å². The fraction of sp³-hybridized carbons (Fsp3) is 0.571. The van der Waals surface area contributed by atoms with Gasteiger partial charge in [0, 0.05) is 0 Å². The first-order valence-corrected chi connectivity index (χ1v) is 5.13. The Labute approximate surface area is 127 Å². The summed E-state index contributed by atoms with van der Waals surface area (Å²) in [7, 11) is -3.67. The number of carbonyl (C=O) groups excluding carboxylic acids is 1. The van der Waals surface area contributed by atoms with Gasteiger partial charge in [0.05, 0.1) is 11.7 Å². The van der Waals surface area contributed by atoms with Crippen LogP contribution in [0.25, 0.3) is 0 Å². The number of hydrogen-bond acceptors (Lipinski definition) is 4. The molecule has 0 aromatic rings. The van der Waals surface area contributed by atoms with Gasteiger partial charge >= 0.3 is 51.4 Å². The van der Waals surface area contributed by atoms with Gasteiger partial charge in [-0.1, -0.05) is 13.5 Å². The SMILES string of the molecule is C=C(C)C(=O)[O-].CCCS(=O)(=O)O.[K+]. The molecule has 78 valence electrons. The van der Waals surface area contributed by atoms with E-state index in [1.807, 2.05) is 0 Å². The summed E-state index contributed by atoms with van der Waals surface area (Å²) in [6.07, 6.45) is 0.471. The van der Waals surface area contributed by atoms with Crippen molar-refractivity contribution in [2.24, 2.45) is 0 Å². The molecule has 0 aliphatic heterocycles. The van der Waals surface area contributed by atoms with Crippen molar-refractivity contribution in [1.82, 2.24) is 0 Å². The first-order chi connectivity index (χ1) is 5.70. The maximum absolute atomic E-state index is 9.79. The van der Waals surface area contributed by atoms with Gasteiger partial charge in [0.15, 0.2) is 0 Å². The molecule has 14 heavy (non-hydrogen) atoms. The van der Waals surface area contributed by atoms with Gasteiger partial charge in [0.1, 0.15) is 0 Å². The quantitative estimate of drug-likeness (QED) is 0.319. The molecular weight excluding hydrogens is 235 g/mol. The Morgan fingerprint density at radius 2 is 1.79 bits per heavy atom. The van der Waals surface area contributed by atoms with Gasteiger partial charge in [-0.25, -0.2) is 0 Å². The van der Waals surface area contributed by atoms with Crippen LogP contribution >= 0.6 is 0 Å². The Morgan fingerprint density at radius 3 is 1.79 bits per heavy atom. The summed E-state index contributed by atoms with van der Waals surface area (Å²) in [5.41, 5.74) is 0.0648. The summed E-state index contributed by atoms with van der Waals surface area (Å²) in [4.78, 5) is 9.49. The molecular formula is C7H13KO5S. The molecule has 0 bridgehead atoms. The van der Waals surface area contributed by atoms with Crippen LogP contribution in [0.1, 0.15) is 20.3 Å². The zero-order valence-corrected chi connectivity index (χ0v) is 12.5. The van der Waals surface area contributed by atoms with Crippen LogP contribution in [0.5, 0.6) is 0 Å². The monoisotopic (exact) mass is 248 g/mol. The molecule has 0 rings (SSSR count). The molecule has 1 N–H and O–H groups in total. The Kier molecular flexibility index (Phi) is 14.8. The largest absolute Gasteiger partial charge is 1.00 e. The van der Waals surface area contributed by atoms with Gasteiger partial charge in [-0.2, -0.15) is 8.42 Å². The molecule has 0 aromatic heterocycles. The van der Waals surface area contributed by atoms with Crippen LogP contribution in [-0.2, 0) is 14.9 Å². The minimum absolute atomic E-state index is 0. The number of rotatable bonds is 3. The molecule has 0 aliphatic carbocycles. The van der Waals surface area contributed by atoms with Crippen LogP contribution < -0.4 is 56.5 Å². The molecule has 0 amide bonds. The molecule has 7 heteroatoms. The summed E-state index contributed by atoms with van der Waals surface area (Å²) in [5.74, 6) is -1.32. The smallest absolute Gasteiger partial charge is 0.545 e. The molecule has 0 saturated carbocycles. The predicted molar refractivity (Wildman–Crippen MR) is 46.5 cm³/mol. The van der Waals surface area contributed by atoms with Crippen molar-refractivity contribution < 1.29 is 74.3 Å². The Balaban J connectivity index is -0.000000163. The number of carboxylic acid groups (broad SMARTS) is 1. The number of carbonyl (C=O) groups is 1. The van der Waals surface area contributed by atoms with E-state index in [1.165, 1.54) is 6.92 Å². The van der Waals surface area contributed by atoms with Crippen LogP contribution in [0.15, 0.2) is 12.2 Å². The number of aliphatic carboxylic acids is 1. The average Bonchev–Trinajstić information content (AvgIpc) is 1.85. The van der Waals surface area contributed by atoms with Crippen LogP contribution in [-0.4, -0.2) is 24.7 Å². The second-order valence-corrected chi connectivity index (χ2v) is 3.93. The van der Waals surface area contributed by atoms with E-state index in [2.05, 4.69) is 6.58 Å². The summed E-state index contributed by atoms with van der Waals surface area (Å²) in [6.45, 7) is 6.17. The van der Waals surface area contributed by atoms with E-state index in [-0.39, 0.29) is 62.7 Å². The van der Waals surface area contributed by atoms with Crippen LogP contribution in [0.4, 0.5) is 0 Å². The maximum Gasteiger partial charge on any atom is 1.00 e. The van der Waals surface area contributed by atoms with Crippen molar-refractivity contribution in [2.45, 2.75) is 20.3 Å². The van der Waals surface area contributed by atoms with E-state index in [1.54, 1.807) is 6.92 Å². The standard InChI is InChI=1S/C4H6O2.C3H8O3S.K/c1-3(2)4(5)6;1-2-3-7(4,5)6;/h1H2,2H3,(H,5,6);2-3H2,1H3,(H,4,5,6);/q;;+1/p-1. The molecule has 0 atom stereocenters. The van der Waals surface area contributed by atoms with Crippen molar-refractivity contribution in [3.05, 3.63) is 12.2 Å². The van der Waals surface area contributed by atoms with Crippen molar-refractivity contribution in [3.8, 4) is 0 Å². The van der Waals surface area contributed by atoms with Gasteiger partial charge in [-0.05, 0) is 18.9 Å². The molecule has 5 nitrogen and oxygen atoms in total. The van der Waals surface area contributed by atoms with Gasteiger partial charge < -0.3 is 9.90 Å². The van der Waals surface area contributed by atoms with Gasteiger partial charge in [0.25, 0.3) is 10.1 Å². The first kappa shape index (κ1) is 20.2. The zero-order chi connectivity index (χ0) is 11.1. The fourth-order valence-electron chi connectivity index (χ4n) is 0.258. The van der Waals surface area contributed by atoms with E-state index in [0.717, 1.165) is 0 Å². The van der Waals surface area contributed by atoms with E-state index in [9.17, 15) is 18.3 Å². The van der Waals surface area contributed by atoms with Crippen molar-refractivity contribution >= 4 is 16.1 Å². The normalized spacial score (nSPS) is 9.07. The molecule has 0 unspecified atom stereocenters. The summed E-state index contributed by atoms with van der Waals surface area (Å²) in [5, 5.41) is 9.49. The second-order valence-electron chi connectivity index (χ2n) is 2.35. The Bertz CT molecular complexity index is 258. The van der Waals surface area contributed by atoms with Crippen LogP contribution in [0, 0.1) is 0 Å². The average molecular weight is 248 g/mol. The van der Waals surface area contributed by atoms with E-state index in [4.69, 9.17) is 4.55 Å². The topological polar surface area (TPSA) is 94.5 Å². The third-order valence-corrected chi connectivity index (χ3v) is 1.73. The van der Waals surface area contributed by atoms with Crippen LogP contribution in [0.3, 0.4) is 0 Å². The third kappa shape index (κ3) is 23.0. The molecule has 0 saturated heterocycles. The number of carboxylic acids is 1. The Hall–Kier alpha value is 0.756. The molecule has 0 fully saturated rings.